The molecule has 130 valence electrons. The molecule has 0 radical (unpaired) electrons. The lowest BCUT2D eigenvalue weighted by Crippen LogP contribution is -2.35. The lowest BCUT2D eigenvalue weighted by Gasteiger charge is -2.20. The number of amides is 1. The Morgan fingerprint density at radius 2 is 1.68 bits per heavy atom. The van der Waals surface area contributed by atoms with Gasteiger partial charge in [-0.2, -0.15) is 0 Å². The van der Waals surface area contributed by atoms with Gasteiger partial charge in [-0.1, -0.05) is 0 Å². The summed E-state index contributed by atoms with van der Waals surface area (Å²) in [5, 5.41) is 20.1. The van der Waals surface area contributed by atoms with E-state index in [2.05, 4.69) is 5.32 Å². The van der Waals surface area contributed by atoms with Gasteiger partial charge in [-0.15, -0.1) is 0 Å². The molecule has 0 rings (SSSR count). The number of aliphatic hydroxyl groups is 2. The van der Waals surface area contributed by atoms with E-state index in [4.69, 9.17) is 19.7 Å². The first-order valence-corrected chi connectivity index (χ1v) is 7.35. The van der Waals surface area contributed by atoms with E-state index in [1.807, 2.05) is 0 Å². The summed E-state index contributed by atoms with van der Waals surface area (Å²) in [6.45, 7) is 6.81. The largest absolute Gasteiger partial charge is 0.464 e. The molecule has 0 unspecified atom stereocenters. The van der Waals surface area contributed by atoms with Crippen molar-refractivity contribution >= 4 is 12.1 Å². The summed E-state index contributed by atoms with van der Waals surface area (Å²) in [6.07, 6.45) is -0.517. The summed E-state index contributed by atoms with van der Waals surface area (Å²) in [5.41, 5.74) is -0.576. The molecule has 0 heterocycles. The molecule has 0 fully saturated rings. The molecule has 0 aliphatic heterocycles. The van der Waals surface area contributed by atoms with E-state index in [-0.39, 0.29) is 32.8 Å². The van der Waals surface area contributed by atoms with Crippen LogP contribution < -0.4 is 5.32 Å². The van der Waals surface area contributed by atoms with E-state index < -0.39 is 17.7 Å². The molecular weight excluding hydrogens is 292 g/mol. The Bertz CT molecular complexity index is 324. The lowest BCUT2D eigenvalue weighted by atomic mass is 10.2. The van der Waals surface area contributed by atoms with Crippen LogP contribution in [0, 0.1) is 0 Å². The maximum Gasteiger partial charge on any atom is 0.407 e. The molecule has 3 N–H and O–H groups in total. The van der Waals surface area contributed by atoms with Crippen LogP contribution in [0.25, 0.3) is 0 Å². The third kappa shape index (κ3) is 12.4. The molecule has 0 atom stereocenters. The number of carbonyl (C=O) groups is 2. The van der Waals surface area contributed by atoms with Crippen LogP contribution in [0.3, 0.4) is 0 Å². The second-order valence-corrected chi connectivity index (χ2v) is 5.69. The summed E-state index contributed by atoms with van der Waals surface area (Å²) in [6, 6.07) is 0. The summed E-state index contributed by atoms with van der Waals surface area (Å²) in [4.78, 5) is 24.6. The van der Waals surface area contributed by atoms with Crippen LogP contribution in [-0.4, -0.2) is 78.8 Å². The number of alkyl carbamates (subject to hydrolysis) is 1. The average molecular weight is 320 g/mol. The van der Waals surface area contributed by atoms with E-state index >= 15 is 0 Å². The monoisotopic (exact) mass is 320 g/mol. The molecule has 8 nitrogen and oxygen atoms in total. The fourth-order valence-electron chi connectivity index (χ4n) is 1.56. The van der Waals surface area contributed by atoms with E-state index in [1.165, 1.54) is 0 Å². The van der Waals surface area contributed by atoms with Gasteiger partial charge in [0, 0.05) is 26.2 Å². The molecule has 22 heavy (non-hydrogen) atoms. The third-order valence-electron chi connectivity index (χ3n) is 2.50. The molecule has 0 aliphatic rings. The topological polar surface area (TPSA) is 108 Å². The minimum Gasteiger partial charge on any atom is -0.464 e. The van der Waals surface area contributed by atoms with Gasteiger partial charge in [0.15, 0.2) is 0 Å². The Balaban J connectivity index is 3.75. The van der Waals surface area contributed by atoms with Crippen molar-refractivity contribution in [1.82, 2.24) is 10.2 Å². The zero-order chi connectivity index (χ0) is 17.0. The van der Waals surface area contributed by atoms with Crippen LogP contribution in [-0.2, 0) is 14.3 Å². The highest BCUT2D eigenvalue weighted by molar-refractivity contribution is 5.71. The number of aliphatic hydroxyl groups excluding tert-OH is 2. The number of ether oxygens (including phenoxy) is 2. The van der Waals surface area contributed by atoms with Crippen molar-refractivity contribution in [1.29, 1.82) is 0 Å². The summed E-state index contributed by atoms with van der Waals surface area (Å²) in [5.74, 6) is -0.427. The van der Waals surface area contributed by atoms with Gasteiger partial charge >= 0.3 is 12.1 Å². The maximum atomic E-state index is 11.5. The average Bonchev–Trinajstić information content (AvgIpc) is 2.37. The third-order valence-corrected chi connectivity index (χ3v) is 2.50. The number of hydrogen-bond donors (Lipinski definition) is 3. The van der Waals surface area contributed by atoms with E-state index in [0.717, 1.165) is 0 Å². The summed E-state index contributed by atoms with van der Waals surface area (Å²) in [7, 11) is 0. The molecule has 0 aromatic carbocycles. The summed E-state index contributed by atoms with van der Waals surface area (Å²) < 4.78 is 10.0. The molecular formula is C14H28N2O6. The van der Waals surface area contributed by atoms with Gasteiger partial charge in [-0.05, 0) is 20.8 Å². The number of nitrogens with zero attached hydrogens (tertiary/aromatic N) is 1. The van der Waals surface area contributed by atoms with Crippen molar-refractivity contribution in [3.8, 4) is 0 Å². The predicted octanol–water partition coefficient (Wildman–Crippen LogP) is -0.269. The number of hydrogen-bond acceptors (Lipinski definition) is 7. The van der Waals surface area contributed by atoms with Crippen LogP contribution in [0.2, 0.25) is 0 Å². The normalized spacial score (nSPS) is 11.4. The number of rotatable bonds is 10. The zero-order valence-electron chi connectivity index (χ0n) is 13.6. The van der Waals surface area contributed by atoms with Crippen LogP contribution >= 0.6 is 0 Å². The fraction of sp³-hybridized carbons (Fsp3) is 0.857. The minimum absolute atomic E-state index is 0.0201. The SMILES string of the molecule is CC(C)(C)OC(=O)NCCC(=O)OCCN(CCO)CCO. The number of esters is 1. The molecule has 0 aromatic rings. The van der Waals surface area contributed by atoms with Crippen molar-refractivity contribution < 1.29 is 29.3 Å². The van der Waals surface area contributed by atoms with Gasteiger partial charge in [0.05, 0.1) is 19.6 Å². The van der Waals surface area contributed by atoms with Gasteiger partial charge in [-0.25, -0.2) is 4.79 Å². The molecule has 0 aromatic heterocycles. The smallest absolute Gasteiger partial charge is 0.407 e. The van der Waals surface area contributed by atoms with Gasteiger partial charge in [0.1, 0.15) is 12.2 Å². The second-order valence-electron chi connectivity index (χ2n) is 5.69. The van der Waals surface area contributed by atoms with Gasteiger partial charge in [0.2, 0.25) is 0 Å². The van der Waals surface area contributed by atoms with E-state index in [1.54, 1.807) is 25.7 Å². The molecule has 0 spiro atoms. The van der Waals surface area contributed by atoms with Crippen molar-refractivity contribution in [3.63, 3.8) is 0 Å². The van der Waals surface area contributed by atoms with Crippen molar-refractivity contribution in [2.24, 2.45) is 0 Å². The predicted molar refractivity (Wildman–Crippen MR) is 80.4 cm³/mol. The molecule has 0 saturated heterocycles. The highest BCUT2D eigenvalue weighted by atomic mass is 16.6. The molecule has 8 heteroatoms. The molecule has 0 bridgehead atoms. The Labute approximate surface area is 131 Å². The number of nitrogens with one attached hydrogen (secondary N) is 1. The quantitative estimate of drug-likeness (QED) is 0.476. The Hall–Kier alpha value is -1.38. The first-order valence-electron chi connectivity index (χ1n) is 7.35. The Morgan fingerprint density at radius 3 is 2.18 bits per heavy atom. The molecule has 0 saturated carbocycles. The van der Waals surface area contributed by atoms with Crippen LogP contribution in [0.4, 0.5) is 4.79 Å². The van der Waals surface area contributed by atoms with Crippen molar-refractivity contribution in [2.75, 3.05) is 46.0 Å². The molecule has 0 aliphatic carbocycles. The van der Waals surface area contributed by atoms with Crippen LogP contribution in [0.15, 0.2) is 0 Å². The summed E-state index contributed by atoms with van der Waals surface area (Å²) >= 11 is 0. The second kappa shape index (κ2) is 11.2. The minimum atomic E-state index is -0.576. The highest BCUT2D eigenvalue weighted by Gasteiger charge is 2.16. The number of carbonyl (C=O) groups excluding carboxylic acids is 2. The van der Waals surface area contributed by atoms with Crippen molar-refractivity contribution in [2.45, 2.75) is 32.8 Å². The van der Waals surface area contributed by atoms with Crippen LogP contribution in [0.5, 0.6) is 0 Å². The van der Waals surface area contributed by atoms with Gasteiger partial charge in [-0.3, -0.25) is 9.69 Å². The Morgan fingerprint density at radius 1 is 1.09 bits per heavy atom. The van der Waals surface area contributed by atoms with Crippen molar-refractivity contribution in [3.05, 3.63) is 0 Å². The Kier molecular flexibility index (Phi) is 10.5. The molecule has 1 amide bonds. The van der Waals surface area contributed by atoms with E-state index in [9.17, 15) is 9.59 Å². The lowest BCUT2D eigenvalue weighted by molar-refractivity contribution is -0.143. The van der Waals surface area contributed by atoms with Crippen LogP contribution in [0.1, 0.15) is 27.2 Å². The highest BCUT2D eigenvalue weighted by Crippen LogP contribution is 2.06. The maximum absolute atomic E-state index is 11.5. The first kappa shape index (κ1) is 20.6. The zero-order valence-corrected chi connectivity index (χ0v) is 13.6. The van der Waals surface area contributed by atoms with Gasteiger partial charge in [0.25, 0.3) is 0 Å². The van der Waals surface area contributed by atoms with E-state index in [0.29, 0.717) is 19.6 Å². The standard InChI is InChI=1S/C14H28N2O6/c1-14(2,3)22-13(20)15-5-4-12(19)21-11-8-16(6-9-17)7-10-18/h17-18H,4-11H2,1-3H3,(H,15,20). The fourth-order valence-corrected chi connectivity index (χ4v) is 1.56. The van der Waals surface area contributed by atoms with Gasteiger partial charge < -0.3 is 25.0 Å². The first-order chi connectivity index (χ1) is 10.3.